The Kier molecular flexibility index (Phi) is 3.49. The van der Waals surface area contributed by atoms with Crippen molar-refractivity contribution in [1.29, 1.82) is 0 Å². The summed E-state index contributed by atoms with van der Waals surface area (Å²) in [6.07, 6.45) is -0.639. The SMILES string of the molecule is COc1ccc(C2CN(CCO)C(=O)O2)cc1. The first-order chi connectivity index (χ1) is 8.24. The van der Waals surface area contributed by atoms with Crippen LogP contribution in [-0.2, 0) is 4.74 Å². The largest absolute Gasteiger partial charge is 0.497 e. The average molecular weight is 237 g/mol. The summed E-state index contributed by atoms with van der Waals surface area (Å²) in [5, 5.41) is 8.80. The van der Waals surface area contributed by atoms with Crippen LogP contribution in [0.2, 0.25) is 0 Å². The number of carbonyl (C=O) groups is 1. The summed E-state index contributed by atoms with van der Waals surface area (Å²) in [5.41, 5.74) is 0.930. The van der Waals surface area contributed by atoms with E-state index in [4.69, 9.17) is 14.6 Å². The quantitative estimate of drug-likeness (QED) is 0.854. The molecule has 0 aliphatic carbocycles. The monoisotopic (exact) mass is 237 g/mol. The number of amides is 1. The van der Waals surface area contributed by atoms with Gasteiger partial charge in [0.15, 0.2) is 0 Å². The van der Waals surface area contributed by atoms with E-state index in [1.165, 1.54) is 4.90 Å². The Balaban J connectivity index is 2.06. The van der Waals surface area contributed by atoms with Crippen molar-refractivity contribution in [2.75, 3.05) is 26.8 Å². The van der Waals surface area contributed by atoms with Crippen molar-refractivity contribution in [3.8, 4) is 5.75 Å². The summed E-state index contributed by atoms with van der Waals surface area (Å²) < 4.78 is 10.3. The Morgan fingerprint density at radius 2 is 2.18 bits per heavy atom. The van der Waals surface area contributed by atoms with E-state index in [1.807, 2.05) is 24.3 Å². The fraction of sp³-hybridized carbons (Fsp3) is 0.417. The average Bonchev–Trinajstić information content (AvgIpc) is 2.72. The molecule has 1 atom stereocenters. The molecule has 1 heterocycles. The maximum Gasteiger partial charge on any atom is 0.410 e. The van der Waals surface area contributed by atoms with E-state index in [2.05, 4.69) is 0 Å². The minimum Gasteiger partial charge on any atom is -0.497 e. The van der Waals surface area contributed by atoms with Crippen molar-refractivity contribution in [3.63, 3.8) is 0 Å². The van der Waals surface area contributed by atoms with Crippen LogP contribution in [0.25, 0.3) is 0 Å². The molecule has 92 valence electrons. The van der Waals surface area contributed by atoms with Gasteiger partial charge in [-0.25, -0.2) is 4.79 Å². The molecular formula is C12H15NO4. The molecule has 1 amide bonds. The summed E-state index contributed by atoms with van der Waals surface area (Å²) in [7, 11) is 1.60. The fourth-order valence-electron chi connectivity index (χ4n) is 1.80. The number of carbonyl (C=O) groups excluding carboxylic acids is 1. The number of hydrogen-bond acceptors (Lipinski definition) is 4. The number of cyclic esters (lactones) is 1. The molecular weight excluding hydrogens is 222 g/mol. The first kappa shape index (κ1) is 11.7. The van der Waals surface area contributed by atoms with Crippen LogP contribution in [0.3, 0.4) is 0 Å². The molecule has 2 rings (SSSR count). The second kappa shape index (κ2) is 5.05. The highest BCUT2D eigenvalue weighted by Gasteiger charge is 2.31. The molecule has 0 radical (unpaired) electrons. The smallest absolute Gasteiger partial charge is 0.410 e. The predicted octanol–water partition coefficient (Wildman–Crippen LogP) is 1.18. The molecule has 0 spiro atoms. The lowest BCUT2D eigenvalue weighted by atomic mass is 10.1. The maximum atomic E-state index is 11.4. The Morgan fingerprint density at radius 3 is 2.76 bits per heavy atom. The number of rotatable bonds is 4. The van der Waals surface area contributed by atoms with E-state index >= 15 is 0 Å². The summed E-state index contributed by atoms with van der Waals surface area (Å²) in [5.74, 6) is 0.769. The Morgan fingerprint density at radius 1 is 1.47 bits per heavy atom. The minimum absolute atomic E-state index is 0.0512. The van der Waals surface area contributed by atoms with Crippen molar-refractivity contribution in [2.45, 2.75) is 6.10 Å². The zero-order valence-corrected chi connectivity index (χ0v) is 9.63. The van der Waals surface area contributed by atoms with E-state index in [9.17, 15) is 4.79 Å². The molecule has 0 aromatic heterocycles. The van der Waals surface area contributed by atoms with Crippen molar-refractivity contribution >= 4 is 6.09 Å². The lowest BCUT2D eigenvalue weighted by Crippen LogP contribution is -2.27. The Hall–Kier alpha value is -1.75. The zero-order chi connectivity index (χ0) is 12.3. The van der Waals surface area contributed by atoms with Crippen LogP contribution in [0.5, 0.6) is 5.75 Å². The molecule has 1 fully saturated rings. The van der Waals surface area contributed by atoms with Crippen LogP contribution in [0.15, 0.2) is 24.3 Å². The lowest BCUT2D eigenvalue weighted by molar-refractivity contribution is 0.130. The van der Waals surface area contributed by atoms with Gasteiger partial charge in [0, 0.05) is 6.54 Å². The standard InChI is InChI=1S/C12H15NO4/c1-16-10-4-2-9(3-5-10)11-8-13(6-7-14)12(15)17-11/h2-5,11,14H,6-8H2,1H3. The van der Waals surface area contributed by atoms with Crippen LogP contribution < -0.4 is 4.74 Å². The maximum absolute atomic E-state index is 11.4. The molecule has 1 unspecified atom stereocenters. The molecule has 5 nitrogen and oxygen atoms in total. The minimum atomic E-state index is -0.375. The molecule has 1 aliphatic rings. The van der Waals surface area contributed by atoms with E-state index in [0.717, 1.165) is 11.3 Å². The molecule has 1 aromatic rings. The third kappa shape index (κ3) is 2.50. The van der Waals surface area contributed by atoms with E-state index < -0.39 is 0 Å². The third-order valence-electron chi connectivity index (χ3n) is 2.74. The first-order valence-corrected chi connectivity index (χ1v) is 5.45. The van der Waals surface area contributed by atoms with Gasteiger partial charge in [-0.05, 0) is 17.7 Å². The van der Waals surface area contributed by atoms with Gasteiger partial charge in [0.2, 0.25) is 0 Å². The third-order valence-corrected chi connectivity index (χ3v) is 2.74. The molecule has 0 bridgehead atoms. The van der Waals surface area contributed by atoms with Gasteiger partial charge in [-0.2, -0.15) is 0 Å². The van der Waals surface area contributed by atoms with Crippen LogP contribution >= 0.6 is 0 Å². The molecule has 5 heteroatoms. The number of aliphatic hydroxyl groups is 1. The second-order valence-corrected chi connectivity index (χ2v) is 3.82. The van der Waals surface area contributed by atoms with E-state index in [-0.39, 0.29) is 18.8 Å². The highest BCUT2D eigenvalue weighted by Crippen LogP contribution is 2.27. The number of hydrogen-bond donors (Lipinski definition) is 1. The molecule has 0 saturated carbocycles. The van der Waals surface area contributed by atoms with Gasteiger partial charge in [-0.3, -0.25) is 0 Å². The second-order valence-electron chi connectivity index (χ2n) is 3.82. The summed E-state index contributed by atoms with van der Waals surface area (Å²) in [6.45, 7) is 0.738. The molecule has 17 heavy (non-hydrogen) atoms. The van der Waals surface area contributed by atoms with E-state index in [1.54, 1.807) is 7.11 Å². The lowest BCUT2D eigenvalue weighted by Gasteiger charge is -2.10. The zero-order valence-electron chi connectivity index (χ0n) is 9.63. The number of β-amino-alcohol motifs (C(OH)–C–C–N with tert-alkyl or cyclic N) is 1. The van der Waals surface area contributed by atoms with Gasteiger partial charge < -0.3 is 19.5 Å². The van der Waals surface area contributed by atoms with E-state index in [0.29, 0.717) is 13.1 Å². The predicted molar refractivity (Wildman–Crippen MR) is 60.9 cm³/mol. The highest BCUT2D eigenvalue weighted by atomic mass is 16.6. The van der Waals surface area contributed by atoms with Crippen molar-refractivity contribution < 1.29 is 19.4 Å². The van der Waals surface area contributed by atoms with Crippen LogP contribution in [0.1, 0.15) is 11.7 Å². The first-order valence-electron chi connectivity index (χ1n) is 5.45. The van der Waals surface area contributed by atoms with Gasteiger partial charge in [-0.15, -0.1) is 0 Å². The van der Waals surface area contributed by atoms with Crippen LogP contribution in [-0.4, -0.2) is 42.9 Å². The number of ether oxygens (including phenoxy) is 2. The van der Waals surface area contributed by atoms with Crippen molar-refractivity contribution in [2.24, 2.45) is 0 Å². The number of aliphatic hydroxyl groups excluding tert-OH is 1. The molecule has 1 saturated heterocycles. The molecule has 1 aromatic carbocycles. The number of nitrogens with zero attached hydrogens (tertiary/aromatic N) is 1. The normalized spacial score (nSPS) is 19.3. The number of methoxy groups -OCH3 is 1. The Bertz CT molecular complexity index is 390. The van der Waals surface area contributed by atoms with Gasteiger partial charge in [0.05, 0.1) is 20.3 Å². The van der Waals surface area contributed by atoms with Gasteiger partial charge in [-0.1, -0.05) is 12.1 Å². The summed E-state index contributed by atoms with van der Waals surface area (Å²) >= 11 is 0. The Labute approximate surface area is 99.6 Å². The summed E-state index contributed by atoms with van der Waals surface area (Å²) in [6, 6.07) is 7.41. The van der Waals surface area contributed by atoms with Gasteiger partial charge in [0.1, 0.15) is 11.9 Å². The molecule has 1 N–H and O–H groups in total. The van der Waals surface area contributed by atoms with Crippen LogP contribution in [0.4, 0.5) is 4.79 Å². The van der Waals surface area contributed by atoms with Gasteiger partial charge >= 0.3 is 6.09 Å². The fourth-order valence-corrected chi connectivity index (χ4v) is 1.80. The van der Waals surface area contributed by atoms with Gasteiger partial charge in [0.25, 0.3) is 0 Å². The molecule has 1 aliphatic heterocycles. The summed E-state index contributed by atoms with van der Waals surface area (Å²) in [4.78, 5) is 12.9. The number of benzene rings is 1. The van der Waals surface area contributed by atoms with Crippen molar-refractivity contribution in [1.82, 2.24) is 4.90 Å². The van der Waals surface area contributed by atoms with Crippen LogP contribution in [0, 0.1) is 0 Å². The highest BCUT2D eigenvalue weighted by molar-refractivity contribution is 5.70. The topological polar surface area (TPSA) is 59.0 Å². The van der Waals surface area contributed by atoms with Crippen molar-refractivity contribution in [3.05, 3.63) is 29.8 Å².